The first kappa shape index (κ1) is 19.5. The first-order valence-electron chi connectivity index (χ1n) is 10.8. The number of aromatic nitrogens is 3. The molecular weight excluding hydrogens is 390 g/mol. The standard InChI is InChI=1S/C24H25N5O2/c30-22(18-7-3-1-4-8-18)25-17-21-27-26-20-11-14-28(15-16-29(20)21)23(31)24(12-13-24)19-9-5-2-6-10-19/h1-10H,11-17H2,(H,25,30). The van der Waals surface area contributed by atoms with Crippen LogP contribution in [0.25, 0.3) is 0 Å². The van der Waals surface area contributed by atoms with Crippen molar-refractivity contribution in [3.8, 4) is 0 Å². The van der Waals surface area contributed by atoms with Crippen LogP contribution in [0.2, 0.25) is 0 Å². The highest BCUT2D eigenvalue weighted by molar-refractivity contribution is 5.94. The van der Waals surface area contributed by atoms with Gasteiger partial charge in [0.25, 0.3) is 5.91 Å². The van der Waals surface area contributed by atoms with Crippen LogP contribution in [0, 0.1) is 0 Å². The lowest BCUT2D eigenvalue weighted by Gasteiger charge is -2.26. The van der Waals surface area contributed by atoms with Crippen molar-refractivity contribution in [3.05, 3.63) is 83.4 Å². The molecule has 2 heterocycles. The normalized spacial score (nSPS) is 16.8. The molecule has 0 saturated heterocycles. The maximum atomic E-state index is 13.4. The molecule has 0 unspecified atom stereocenters. The summed E-state index contributed by atoms with van der Waals surface area (Å²) >= 11 is 0. The monoisotopic (exact) mass is 415 g/mol. The highest BCUT2D eigenvalue weighted by Gasteiger charge is 2.52. The van der Waals surface area contributed by atoms with E-state index < -0.39 is 0 Å². The van der Waals surface area contributed by atoms with Crippen molar-refractivity contribution in [2.45, 2.75) is 37.8 Å². The molecule has 5 rings (SSSR count). The van der Waals surface area contributed by atoms with Crippen molar-refractivity contribution in [1.29, 1.82) is 0 Å². The van der Waals surface area contributed by atoms with Crippen molar-refractivity contribution in [2.24, 2.45) is 0 Å². The van der Waals surface area contributed by atoms with E-state index in [4.69, 9.17) is 0 Å². The van der Waals surface area contributed by atoms with Gasteiger partial charge in [-0.15, -0.1) is 10.2 Å². The van der Waals surface area contributed by atoms with E-state index in [1.54, 1.807) is 12.1 Å². The number of nitrogens with zero attached hydrogens (tertiary/aromatic N) is 4. The molecule has 0 radical (unpaired) electrons. The predicted octanol–water partition coefficient (Wildman–Crippen LogP) is 2.32. The van der Waals surface area contributed by atoms with Crippen LogP contribution in [-0.4, -0.2) is 44.6 Å². The van der Waals surface area contributed by atoms with Gasteiger partial charge in [0, 0.05) is 31.6 Å². The number of carbonyl (C=O) groups is 2. The van der Waals surface area contributed by atoms with Gasteiger partial charge in [-0.3, -0.25) is 9.59 Å². The van der Waals surface area contributed by atoms with E-state index in [0.717, 1.165) is 30.1 Å². The summed E-state index contributed by atoms with van der Waals surface area (Å²) in [7, 11) is 0. The molecule has 31 heavy (non-hydrogen) atoms. The molecule has 158 valence electrons. The third-order valence-electron chi connectivity index (χ3n) is 6.32. The van der Waals surface area contributed by atoms with Crippen LogP contribution in [0.3, 0.4) is 0 Å². The van der Waals surface area contributed by atoms with Gasteiger partial charge < -0.3 is 14.8 Å². The molecule has 1 aliphatic carbocycles. The molecule has 1 aromatic heterocycles. The summed E-state index contributed by atoms with van der Waals surface area (Å²) in [4.78, 5) is 27.7. The van der Waals surface area contributed by atoms with Gasteiger partial charge in [-0.2, -0.15) is 0 Å². The van der Waals surface area contributed by atoms with Crippen LogP contribution in [0.15, 0.2) is 60.7 Å². The minimum Gasteiger partial charge on any atom is -0.345 e. The van der Waals surface area contributed by atoms with E-state index in [2.05, 4.69) is 27.6 Å². The lowest BCUT2D eigenvalue weighted by Crippen LogP contribution is -2.41. The molecular formula is C24H25N5O2. The summed E-state index contributed by atoms with van der Waals surface area (Å²) in [6.07, 6.45) is 2.49. The molecule has 2 amide bonds. The van der Waals surface area contributed by atoms with Gasteiger partial charge in [0.05, 0.1) is 12.0 Å². The van der Waals surface area contributed by atoms with Crippen LogP contribution in [-0.2, 0) is 29.7 Å². The van der Waals surface area contributed by atoms with Gasteiger partial charge in [0.2, 0.25) is 5.91 Å². The number of fused-ring (bicyclic) bond motifs is 1. The van der Waals surface area contributed by atoms with Crippen molar-refractivity contribution < 1.29 is 9.59 Å². The second kappa shape index (κ2) is 7.98. The Kier molecular flexibility index (Phi) is 5.02. The Bertz CT molecular complexity index is 1090. The van der Waals surface area contributed by atoms with Crippen LogP contribution < -0.4 is 5.32 Å². The summed E-state index contributed by atoms with van der Waals surface area (Å²) < 4.78 is 2.04. The Labute approximate surface area is 181 Å². The smallest absolute Gasteiger partial charge is 0.251 e. The van der Waals surface area contributed by atoms with Crippen LogP contribution in [0.4, 0.5) is 0 Å². The zero-order chi connectivity index (χ0) is 21.3. The molecule has 7 heteroatoms. The third-order valence-corrected chi connectivity index (χ3v) is 6.32. The minimum atomic E-state index is -0.349. The highest BCUT2D eigenvalue weighted by Crippen LogP contribution is 2.49. The molecule has 3 aromatic rings. The van der Waals surface area contributed by atoms with Crippen LogP contribution in [0.5, 0.6) is 0 Å². The van der Waals surface area contributed by atoms with Crippen LogP contribution >= 0.6 is 0 Å². The molecule has 1 N–H and O–H groups in total. The predicted molar refractivity (Wildman–Crippen MR) is 115 cm³/mol. The number of rotatable bonds is 5. The Morgan fingerprint density at radius 3 is 2.32 bits per heavy atom. The third kappa shape index (κ3) is 3.71. The van der Waals surface area contributed by atoms with Crippen molar-refractivity contribution in [2.75, 3.05) is 13.1 Å². The van der Waals surface area contributed by atoms with Crippen molar-refractivity contribution >= 4 is 11.8 Å². The van der Waals surface area contributed by atoms with E-state index in [1.807, 2.05) is 45.9 Å². The van der Waals surface area contributed by atoms with Crippen LogP contribution in [0.1, 0.15) is 40.4 Å². The fourth-order valence-electron chi connectivity index (χ4n) is 4.38. The summed E-state index contributed by atoms with van der Waals surface area (Å²) in [5.41, 5.74) is 1.39. The van der Waals surface area contributed by atoms with Gasteiger partial charge in [-0.25, -0.2) is 0 Å². The van der Waals surface area contributed by atoms with Gasteiger partial charge in [0.1, 0.15) is 5.82 Å². The first-order chi connectivity index (χ1) is 15.2. The van der Waals surface area contributed by atoms with Gasteiger partial charge in [-0.05, 0) is 30.5 Å². The number of hydrogen-bond acceptors (Lipinski definition) is 4. The SMILES string of the molecule is O=C(NCc1nnc2n1CCN(C(=O)C1(c3ccccc3)CC1)CC2)c1ccccc1. The second-order valence-corrected chi connectivity index (χ2v) is 8.22. The molecule has 2 aromatic carbocycles. The molecule has 7 nitrogen and oxygen atoms in total. The lowest BCUT2D eigenvalue weighted by molar-refractivity contribution is -0.134. The fourth-order valence-corrected chi connectivity index (χ4v) is 4.38. The van der Waals surface area contributed by atoms with Gasteiger partial charge in [-0.1, -0.05) is 48.5 Å². The van der Waals surface area contributed by atoms with Gasteiger partial charge >= 0.3 is 0 Å². The quantitative estimate of drug-likeness (QED) is 0.694. The molecule has 1 saturated carbocycles. The lowest BCUT2D eigenvalue weighted by atomic mass is 9.94. The van der Waals surface area contributed by atoms with Gasteiger partial charge in [0.15, 0.2) is 5.82 Å². The topological polar surface area (TPSA) is 80.1 Å². The first-order valence-corrected chi connectivity index (χ1v) is 10.8. The highest BCUT2D eigenvalue weighted by atomic mass is 16.2. The number of carbonyl (C=O) groups excluding carboxylic acids is 2. The van der Waals surface area contributed by atoms with E-state index in [-0.39, 0.29) is 17.2 Å². The molecule has 0 spiro atoms. The average Bonchev–Trinajstić information content (AvgIpc) is 3.59. The molecule has 2 aliphatic rings. The summed E-state index contributed by atoms with van der Waals surface area (Å²) in [6.45, 7) is 2.21. The zero-order valence-electron chi connectivity index (χ0n) is 17.3. The maximum Gasteiger partial charge on any atom is 0.251 e. The molecule has 1 aliphatic heterocycles. The van der Waals surface area contributed by atoms with E-state index >= 15 is 0 Å². The number of nitrogens with one attached hydrogen (secondary N) is 1. The number of hydrogen-bond donors (Lipinski definition) is 1. The fraction of sp³-hybridized carbons (Fsp3) is 0.333. The Morgan fingerprint density at radius 2 is 1.61 bits per heavy atom. The average molecular weight is 415 g/mol. The minimum absolute atomic E-state index is 0.137. The van der Waals surface area contributed by atoms with E-state index in [0.29, 0.717) is 38.2 Å². The van der Waals surface area contributed by atoms with E-state index in [9.17, 15) is 9.59 Å². The summed E-state index contributed by atoms with van der Waals surface area (Å²) in [5, 5.41) is 11.5. The second-order valence-electron chi connectivity index (χ2n) is 8.22. The Balaban J connectivity index is 1.25. The summed E-state index contributed by atoms with van der Waals surface area (Å²) in [6, 6.07) is 19.2. The number of amides is 2. The zero-order valence-corrected chi connectivity index (χ0v) is 17.3. The molecule has 0 atom stereocenters. The molecule has 1 fully saturated rings. The maximum absolute atomic E-state index is 13.4. The largest absolute Gasteiger partial charge is 0.345 e. The van der Waals surface area contributed by atoms with Crippen molar-refractivity contribution in [1.82, 2.24) is 25.0 Å². The summed E-state index contributed by atoms with van der Waals surface area (Å²) in [5.74, 6) is 1.67. The Hall–Kier alpha value is -3.48. The molecule has 0 bridgehead atoms. The van der Waals surface area contributed by atoms with E-state index in [1.165, 1.54) is 0 Å². The number of benzene rings is 2. The van der Waals surface area contributed by atoms with Crippen molar-refractivity contribution in [3.63, 3.8) is 0 Å². The Morgan fingerprint density at radius 1 is 0.903 bits per heavy atom.